The molecule has 0 aliphatic rings. The van der Waals surface area contributed by atoms with Crippen LogP contribution in [0.2, 0.25) is 10.0 Å². The molecule has 0 spiro atoms. The van der Waals surface area contributed by atoms with Crippen LogP contribution in [0.15, 0.2) is 41.3 Å². The summed E-state index contributed by atoms with van der Waals surface area (Å²) in [5.41, 5.74) is 5.89. The Balaban J connectivity index is 2.41. The summed E-state index contributed by atoms with van der Waals surface area (Å²) in [7, 11) is -3.77. The fraction of sp³-hybridized carbons (Fsp3) is 0.0769. The molecule has 2 aromatic rings. The summed E-state index contributed by atoms with van der Waals surface area (Å²) in [5, 5.41) is 0.216. The summed E-state index contributed by atoms with van der Waals surface area (Å²) in [6.45, 7) is 0. The van der Waals surface area contributed by atoms with Crippen molar-refractivity contribution in [1.82, 2.24) is 0 Å². The average Bonchev–Trinajstić information content (AvgIpc) is 2.32. The van der Waals surface area contributed by atoms with E-state index in [1.807, 2.05) is 0 Å². The minimum atomic E-state index is -3.77. The number of halogens is 3. The number of anilines is 1. The van der Waals surface area contributed by atoms with Gasteiger partial charge in [-0.15, -0.1) is 0 Å². The summed E-state index contributed by atoms with van der Waals surface area (Å²) < 4.78 is 38.2. The van der Waals surface area contributed by atoms with Crippen molar-refractivity contribution in [2.75, 3.05) is 5.73 Å². The number of nitrogen functional groups attached to an aromatic ring is 1. The molecule has 2 aromatic carbocycles. The molecule has 0 aliphatic carbocycles. The van der Waals surface area contributed by atoms with E-state index in [2.05, 4.69) is 0 Å². The lowest BCUT2D eigenvalue weighted by atomic mass is 10.2. The number of sulfone groups is 1. The largest absolute Gasteiger partial charge is 0.399 e. The molecule has 2 N–H and O–H groups in total. The van der Waals surface area contributed by atoms with Gasteiger partial charge < -0.3 is 5.73 Å². The van der Waals surface area contributed by atoms with E-state index in [9.17, 15) is 12.8 Å². The van der Waals surface area contributed by atoms with Crippen LogP contribution in [-0.4, -0.2) is 8.42 Å². The number of rotatable bonds is 3. The second kappa shape index (κ2) is 5.60. The molecular formula is C13H10Cl2FNO2S. The number of hydrogen-bond donors (Lipinski definition) is 1. The van der Waals surface area contributed by atoms with E-state index in [-0.39, 0.29) is 20.5 Å². The van der Waals surface area contributed by atoms with Crippen LogP contribution >= 0.6 is 23.2 Å². The zero-order chi connectivity index (χ0) is 14.9. The van der Waals surface area contributed by atoms with Gasteiger partial charge in [0.1, 0.15) is 5.82 Å². The maximum absolute atomic E-state index is 13.7. The zero-order valence-corrected chi connectivity index (χ0v) is 12.4. The van der Waals surface area contributed by atoms with Crippen molar-refractivity contribution in [3.8, 4) is 0 Å². The predicted molar refractivity (Wildman–Crippen MR) is 78.2 cm³/mol. The van der Waals surface area contributed by atoms with Crippen molar-refractivity contribution in [1.29, 1.82) is 0 Å². The van der Waals surface area contributed by atoms with E-state index in [0.29, 0.717) is 5.69 Å². The Bertz CT molecular complexity index is 763. The van der Waals surface area contributed by atoms with Crippen LogP contribution in [0.4, 0.5) is 10.1 Å². The number of benzene rings is 2. The number of hydrogen-bond acceptors (Lipinski definition) is 3. The molecule has 3 nitrogen and oxygen atoms in total. The van der Waals surface area contributed by atoms with Gasteiger partial charge in [-0.05, 0) is 30.3 Å². The Labute approximate surface area is 126 Å². The maximum atomic E-state index is 13.7. The standard InChI is InChI=1S/C13H10Cl2FNO2S/c14-9-2-1-8(12(16)5-9)7-20(18,19)13-4-3-10(17)6-11(13)15/h1-6H,7,17H2. The molecule has 0 fully saturated rings. The van der Waals surface area contributed by atoms with Crippen molar-refractivity contribution < 1.29 is 12.8 Å². The molecule has 7 heteroatoms. The first-order chi connectivity index (χ1) is 9.29. The van der Waals surface area contributed by atoms with Gasteiger partial charge in [0.15, 0.2) is 9.84 Å². The van der Waals surface area contributed by atoms with Crippen molar-refractivity contribution in [3.05, 3.63) is 57.8 Å². The normalized spacial score (nSPS) is 11.6. The highest BCUT2D eigenvalue weighted by atomic mass is 35.5. The first-order valence-corrected chi connectivity index (χ1v) is 7.92. The summed E-state index contributed by atoms with van der Waals surface area (Å²) in [5.74, 6) is -1.17. The molecule has 106 valence electrons. The van der Waals surface area contributed by atoms with Gasteiger partial charge in [-0.3, -0.25) is 0 Å². The highest BCUT2D eigenvalue weighted by molar-refractivity contribution is 7.90. The van der Waals surface area contributed by atoms with Gasteiger partial charge in [-0.25, -0.2) is 12.8 Å². The Morgan fingerprint density at radius 1 is 1.10 bits per heavy atom. The van der Waals surface area contributed by atoms with Crippen molar-refractivity contribution in [2.24, 2.45) is 0 Å². The predicted octanol–water partition coefficient (Wildman–Crippen LogP) is 3.69. The second-order valence-electron chi connectivity index (χ2n) is 4.18. The van der Waals surface area contributed by atoms with Crippen LogP contribution in [0.3, 0.4) is 0 Å². The Hall–Kier alpha value is -1.30. The van der Waals surface area contributed by atoms with Gasteiger partial charge in [0, 0.05) is 16.3 Å². The van der Waals surface area contributed by atoms with E-state index in [1.165, 1.54) is 30.3 Å². The summed E-state index contributed by atoms with van der Waals surface area (Å²) in [4.78, 5) is -0.0808. The van der Waals surface area contributed by atoms with E-state index in [0.717, 1.165) is 6.07 Å². The monoisotopic (exact) mass is 333 g/mol. The minimum Gasteiger partial charge on any atom is -0.399 e. The third-order valence-corrected chi connectivity index (χ3v) is 5.03. The minimum absolute atomic E-state index is 0.0133. The molecule has 0 atom stereocenters. The van der Waals surface area contributed by atoms with Crippen molar-refractivity contribution >= 4 is 38.7 Å². The highest BCUT2D eigenvalue weighted by Crippen LogP contribution is 2.27. The summed E-state index contributed by atoms with van der Waals surface area (Å²) >= 11 is 11.5. The molecule has 0 bridgehead atoms. The first kappa shape index (κ1) is 15.1. The lowest BCUT2D eigenvalue weighted by Gasteiger charge is -2.08. The molecule has 20 heavy (non-hydrogen) atoms. The molecule has 0 aliphatic heterocycles. The smallest absolute Gasteiger partial charge is 0.184 e. The highest BCUT2D eigenvalue weighted by Gasteiger charge is 2.20. The quantitative estimate of drug-likeness (QED) is 0.871. The average molecular weight is 334 g/mol. The van der Waals surface area contributed by atoms with Gasteiger partial charge in [-0.2, -0.15) is 0 Å². The molecule has 0 saturated heterocycles. The Morgan fingerprint density at radius 2 is 1.80 bits per heavy atom. The molecule has 0 unspecified atom stereocenters. The van der Waals surface area contributed by atoms with Crippen molar-refractivity contribution in [3.63, 3.8) is 0 Å². The van der Waals surface area contributed by atoms with Crippen LogP contribution in [0.5, 0.6) is 0 Å². The molecule has 2 rings (SSSR count). The summed E-state index contributed by atoms with van der Waals surface area (Å²) in [6, 6.07) is 7.90. The maximum Gasteiger partial charge on any atom is 0.184 e. The van der Waals surface area contributed by atoms with Crippen LogP contribution in [0, 0.1) is 5.82 Å². The van der Waals surface area contributed by atoms with Crippen LogP contribution in [0.1, 0.15) is 5.56 Å². The van der Waals surface area contributed by atoms with Gasteiger partial charge in [0.2, 0.25) is 0 Å². The first-order valence-electron chi connectivity index (χ1n) is 5.51. The van der Waals surface area contributed by atoms with E-state index >= 15 is 0 Å². The summed E-state index contributed by atoms with van der Waals surface area (Å²) in [6.07, 6.45) is 0. The number of nitrogens with two attached hydrogens (primary N) is 1. The second-order valence-corrected chi connectivity index (χ2v) is 6.99. The molecule has 0 saturated carbocycles. The third-order valence-electron chi connectivity index (χ3n) is 2.65. The Kier molecular flexibility index (Phi) is 4.22. The van der Waals surface area contributed by atoms with Gasteiger partial charge in [0.25, 0.3) is 0 Å². The van der Waals surface area contributed by atoms with Crippen LogP contribution in [0.25, 0.3) is 0 Å². The van der Waals surface area contributed by atoms with Gasteiger partial charge in [0.05, 0.1) is 15.7 Å². The molecule has 0 amide bonds. The third kappa shape index (κ3) is 3.23. The fourth-order valence-electron chi connectivity index (χ4n) is 1.69. The van der Waals surface area contributed by atoms with Crippen molar-refractivity contribution in [2.45, 2.75) is 10.6 Å². The van der Waals surface area contributed by atoms with E-state index in [4.69, 9.17) is 28.9 Å². The van der Waals surface area contributed by atoms with Crippen LogP contribution in [-0.2, 0) is 15.6 Å². The van der Waals surface area contributed by atoms with Gasteiger partial charge >= 0.3 is 0 Å². The Morgan fingerprint density at radius 3 is 2.40 bits per heavy atom. The molecule has 0 radical (unpaired) electrons. The van der Waals surface area contributed by atoms with E-state index in [1.54, 1.807) is 0 Å². The molecular weight excluding hydrogens is 324 g/mol. The SMILES string of the molecule is Nc1ccc(S(=O)(=O)Cc2ccc(Cl)cc2F)c(Cl)c1. The molecule has 0 heterocycles. The topological polar surface area (TPSA) is 60.2 Å². The lowest BCUT2D eigenvalue weighted by molar-refractivity contribution is 0.587. The van der Waals surface area contributed by atoms with E-state index < -0.39 is 21.4 Å². The zero-order valence-electron chi connectivity index (χ0n) is 10.1. The lowest BCUT2D eigenvalue weighted by Crippen LogP contribution is -2.07. The fourth-order valence-corrected chi connectivity index (χ4v) is 3.82. The molecule has 0 aromatic heterocycles. The van der Waals surface area contributed by atoms with Gasteiger partial charge in [-0.1, -0.05) is 29.3 Å². The van der Waals surface area contributed by atoms with Crippen LogP contribution < -0.4 is 5.73 Å².